The zero-order valence-corrected chi connectivity index (χ0v) is 11.3. The molecule has 0 aromatic carbocycles. The second-order valence-electron chi connectivity index (χ2n) is 5.09. The van der Waals surface area contributed by atoms with Crippen LogP contribution in [0.25, 0.3) is 0 Å². The topological polar surface area (TPSA) is 58.6 Å². The lowest BCUT2D eigenvalue weighted by molar-refractivity contribution is 0.0204. The minimum Gasteiger partial charge on any atom is -0.374 e. The van der Waals surface area contributed by atoms with E-state index in [0.29, 0.717) is 19.7 Å². The molecule has 1 saturated heterocycles. The Morgan fingerprint density at radius 3 is 2.50 bits per heavy atom. The predicted octanol–water partition coefficient (Wildman–Crippen LogP) is 0.0349. The first-order valence-corrected chi connectivity index (χ1v) is 6.97. The molecule has 0 amide bonds. The average molecular weight is 250 g/mol. The molecule has 1 N–H and O–H groups in total. The predicted molar refractivity (Wildman–Crippen MR) is 63.9 cm³/mol. The lowest BCUT2D eigenvalue weighted by atomic mass is 10.3. The summed E-state index contributed by atoms with van der Waals surface area (Å²) in [7, 11) is -1.64. The summed E-state index contributed by atoms with van der Waals surface area (Å²) in [5.74, 6) is 0. The normalized spacial score (nSPS) is 23.7. The monoisotopic (exact) mass is 250 g/mol. The summed E-state index contributed by atoms with van der Waals surface area (Å²) in [6.45, 7) is 7.73. The highest BCUT2D eigenvalue weighted by Crippen LogP contribution is 2.19. The van der Waals surface area contributed by atoms with Gasteiger partial charge in [-0.15, -0.1) is 0 Å². The Kier molecular flexibility index (Phi) is 4.34. The van der Waals surface area contributed by atoms with Gasteiger partial charge in [0, 0.05) is 26.7 Å². The van der Waals surface area contributed by atoms with Crippen LogP contribution >= 0.6 is 0 Å². The molecule has 0 spiro atoms. The second kappa shape index (κ2) is 5.00. The van der Waals surface area contributed by atoms with Crippen molar-refractivity contribution in [2.24, 2.45) is 0 Å². The fourth-order valence-electron chi connectivity index (χ4n) is 1.59. The van der Waals surface area contributed by atoms with Gasteiger partial charge in [-0.25, -0.2) is 12.7 Å². The van der Waals surface area contributed by atoms with Gasteiger partial charge in [0.25, 0.3) is 0 Å². The van der Waals surface area contributed by atoms with Gasteiger partial charge in [0.2, 0.25) is 10.0 Å². The van der Waals surface area contributed by atoms with Crippen molar-refractivity contribution >= 4 is 10.0 Å². The third-order valence-corrected chi connectivity index (χ3v) is 5.17. The number of likely N-dealkylation sites (N-methyl/N-ethyl adjacent to an activating group) is 1. The third-order valence-electron chi connectivity index (χ3n) is 2.65. The van der Waals surface area contributed by atoms with Crippen molar-refractivity contribution in [2.45, 2.75) is 31.6 Å². The molecule has 1 heterocycles. The summed E-state index contributed by atoms with van der Waals surface area (Å²) in [6.07, 6.45) is -0.0455. The molecule has 1 unspecified atom stereocenters. The van der Waals surface area contributed by atoms with Gasteiger partial charge in [-0.1, -0.05) is 0 Å². The van der Waals surface area contributed by atoms with Crippen LogP contribution in [0, 0.1) is 0 Å². The third kappa shape index (κ3) is 3.16. The van der Waals surface area contributed by atoms with E-state index in [-0.39, 0.29) is 6.10 Å². The van der Waals surface area contributed by atoms with Gasteiger partial charge in [-0.2, -0.15) is 0 Å². The fourth-order valence-corrected chi connectivity index (χ4v) is 2.89. The van der Waals surface area contributed by atoms with Crippen LogP contribution in [0.1, 0.15) is 20.8 Å². The SMILES string of the molecule is CN(CC1CNCCO1)S(=O)(=O)C(C)(C)C. The molecule has 96 valence electrons. The summed E-state index contributed by atoms with van der Waals surface area (Å²) < 4.78 is 30.3. The molecule has 0 aromatic heterocycles. The maximum absolute atomic E-state index is 12.1. The maximum atomic E-state index is 12.1. The molecular formula is C10H22N2O3S. The maximum Gasteiger partial charge on any atom is 0.218 e. The Morgan fingerprint density at radius 1 is 1.44 bits per heavy atom. The molecule has 1 atom stereocenters. The number of hydrogen-bond acceptors (Lipinski definition) is 4. The molecule has 0 saturated carbocycles. The molecule has 5 nitrogen and oxygen atoms in total. The molecule has 1 fully saturated rings. The highest BCUT2D eigenvalue weighted by atomic mass is 32.2. The molecule has 16 heavy (non-hydrogen) atoms. The Bertz CT molecular complexity index is 315. The lowest BCUT2D eigenvalue weighted by Gasteiger charge is -2.31. The fraction of sp³-hybridized carbons (Fsp3) is 1.00. The van der Waals surface area contributed by atoms with Crippen LogP contribution in [-0.2, 0) is 14.8 Å². The van der Waals surface area contributed by atoms with Crippen molar-refractivity contribution in [2.75, 3.05) is 33.3 Å². The Labute approximate surface area is 98.2 Å². The van der Waals surface area contributed by atoms with Crippen molar-refractivity contribution in [1.82, 2.24) is 9.62 Å². The molecular weight excluding hydrogens is 228 g/mol. The molecule has 1 rings (SSSR count). The largest absolute Gasteiger partial charge is 0.374 e. The molecule has 1 aliphatic heterocycles. The Morgan fingerprint density at radius 2 is 2.06 bits per heavy atom. The first kappa shape index (κ1) is 13.9. The lowest BCUT2D eigenvalue weighted by Crippen LogP contribution is -2.49. The first-order valence-electron chi connectivity index (χ1n) is 5.53. The van der Waals surface area contributed by atoms with Gasteiger partial charge in [0.05, 0.1) is 17.5 Å². The van der Waals surface area contributed by atoms with Crippen LogP contribution in [0.2, 0.25) is 0 Å². The van der Waals surface area contributed by atoms with Crippen molar-refractivity contribution in [3.63, 3.8) is 0 Å². The van der Waals surface area contributed by atoms with Crippen molar-refractivity contribution in [1.29, 1.82) is 0 Å². The van der Waals surface area contributed by atoms with Crippen molar-refractivity contribution in [3.05, 3.63) is 0 Å². The van der Waals surface area contributed by atoms with E-state index in [1.54, 1.807) is 27.8 Å². The van der Waals surface area contributed by atoms with E-state index in [4.69, 9.17) is 4.74 Å². The minimum atomic E-state index is -3.25. The molecule has 0 aliphatic carbocycles. The Balaban J connectivity index is 2.61. The van der Waals surface area contributed by atoms with Crippen LogP contribution < -0.4 is 5.32 Å². The summed E-state index contributed by atoms with van der Waals surface area (Å²) in [5, 5.41) is 3.18. The van der Waals surface area contributed by atoms with Crippen LogP contribution in [0.3, 0.4) is 0 Å². The van der Waals surface area contributed by atoms with Gasteiger partial charge in [-0.05, 0) is 20.8 Å². The molecule has 1 aliphatic rings. The van der Waals surface area contributed by atoms with Gasteiger partial charge in [-0.3, -0.25) is 0 Å². The molecule has 0 radical (unpaired) electrons. The standard InChI is InChI=1S/C10H22N2O3S/c1-10(2,3)16(13,14)12(4)8-9-7-11-5-6-15-9/h9,11H,5-8H2,1-4H3. The van der Waals surface area contributed by atoms with E-state index in [9.17, 15) is 8.42 Å². The van der Waals surface area contributed by atoms with Gasteiger partial charge in [0.15, 0.2) is 0 Å². The van der Waals surface area contributed by atoms with Crippen LogP contribution in [0.5, 0.6) is 0 Å². The van der Waals surface area contributed by atoms with E-state index >= 15 is 0 Å². The summed E-state index contributed by atoms with van der Waals surface area (Å²) in [4.78, 5) is 0. The second-order valence-corrected chi connectivity index (χ2v) is 7.89. The average Bonchev–Trinajstić information content (AvgIpc) is 2.17. The number of sulfonamides is 1. The number of nitrogens with one attached hydrogen (secondary N) is 1. The quantitative estimate of drug-likeness (QED) is 0.768. The zero-order valence-electron chi connectivity index (χ0n) is 10.5. The highest BCUT2D eigenvalue weighted by molar-refractivity contribution is 7.90. The van der Waals surface area contributed by atoms with Crippen LogP contribution in [0.4, 0.5) is 0 Å². The number of rotatable bonds is 3. The summed E-state index contributed by atoms with van der Waals surface area (Å²) in [5.41, 5.74) is 0. The first-order chi connectivity index (χ1) is 7.25. The Hall–Kier alpha value is -0.170. The van der Waals surface area contributed by atoms with Crippen molar-refractivity contribution < 1.29 is 13.2 Å². The van der Waals surface area contributed by atoms with Crippen molar-refractivity contribution in [3.8, 4) is 0 Å². The van der Waals surface area contributed by atoms with E-state index < -0.39 is 14.8 Å². The van der Waals surface area contributed by atoms with Gasteiger partial charge in [0.1, 0.15) is 0 Å². The molecule has 0 aromatic rings. The number of ether oxygens (including phenoxy) is 1. The smallest absolute Gasteiger partial charge is 0.218 e. The van der Waals surface area contributed by atoms with Crippen LogP contribution in [0.15, 0.2) is 0 Å². The van der Waals surface area contributed by atoms with E-state index in [0.717, 1.165) is 6.54 Å². The van der Waals surface area contributed by atoms with Crippen LogP contribution in [-0.4, -0.2) is 56.9 Å². The van der Waals surface area contributed by atoms with Gasteiger partial charge < -0.3 is 10.1 Å². The van der Waals surface area contributed by atoms with Gasteiger partial charge >= 0.3 is 0 Å². The minimum absolute atomic E-state index is 0.0455. The number of nitrogens with zero attached hydrogens (tertiary/aromatic N) is 1. The number of morpholine rings is 1. The summed E-state index contributed by atoms with van der Waals surface area (Å²) in [6, 6.07) is 0. The van der Waals surface area contributed by atoms with E-state index in [1.165, 1.54) is 4.31 Å². The van der Waals surface area contributed by atoms with E-state index in [1.807, 2.05) is 0 Å². The molecule has 0 bridgehead atoms. The van der Waals surface area contributed by atoms with E-state index in [2.05, 4.69) is 5.32 Å². The summed E-state index contributed by atoms with van der Waals surface area (Å²) >= 11 is 0. The molecule has 6 heteroatoms. The highest BCUT2D eigenvalue weighted by Gasteiger charge is 2.34. The zero-order chi connectivity index (χ0) is 12.4. The number of hydrogen-bond donors (Lipinski definition) is 1.